The fraction of sp³-hybridized carbons (Fsp3) is 0.524. The standard InChI is InChI=1S/C42H53N3O4S/c1-30-11-9-10-14-35(30)28-44(39(24-31-12-5-3-6-13-31)41(47)43-37-15-7-4-8-16-37)40(46)29-45(50(2,48)49)38-19-17-36(18-20-38)42-25-32-21-33(26-42)23-34(22-32)27-42/h3,5-6,9-14,17-20,32-34,37,39H,4,7-8,15-16,21-29H2,1-2H3,(H,43,47)/t32?,33?,34?,39-,42?/m0/s1. The van der Waals surface area contributed by atoms with Crippen LogP contribution in [0.2, 0.25) is 0 Å². The molecule has 1 N–H and O–H groups in total. The summed E-state index contributed by atoms with van der Waals surface area (Å²) in [7, 11) is -3.83. The second kappa shape index (κ2) is 14.5. The van der Waals surface area contributed by atoms with Gasteiger partial charge in [-0.3, -0.25) is 13.9 Å². The van der Waals surface area contributed by atoms with Crippen LogP contribution in [0.3, 0.4) is 0 Å². The van der Waals surface area contributed by atoms with Crippen LogP contribution in [0.5, 0.6) is 0 Å². The number of carbonyl (C=O) groups is 2. The van der Waals surface area contributed by atoms with Gasteiger partial charge in [0.15, 0.2) is 0 Å². The van der Waals surface area contributed by atoms with Crippen LogP contribution in [0.4, 0.5) is 5.69 Å². The van der Waals surface area contributed by atoms with Crippen molar-refractivity contribution in [3.05, 3.63) is 101 Å². The number of hydrogen-bond acceptors (Lipinski definition) is 4. The van der Waals surface area contributed by atoms with Gasteiger partial charge in [0.2, 0.25) is 21.8 Å². The van der Waals surface area contributed by atoms with Gasteiger partial charge in [-0.2, -0.15) is 0 Å². The second-order valence-corrected chi connectivity index (χ2v) is 17.9. The lowest BCUT2D eigenvalue weighted by Gasteiger charge is -2.57. The van der Waals surface area contributed by atoms with Crippen molar-refractivity contribution in [2.45, 2.75) is 108 Å². The monoisotopic (exact) mass is 695 g/mol. The molecule has 5 fully saturated rings. The van der Waals surface area contributed by atoms with Gasteiger partial charge in [0.25, 0.3) is 0 Å². The molecule has 5 aliphatic rings. The van der Waals surface area contributed by atoms with E-state index < -0.39 is 22.0 Å². The second-order valence-electron chi connectivity index (χ2n) is 16.0. The highest BCUT2D eigenvalue weighted by atomic mass is 32.2. The molecule has 5 saturated carbocycles. The molecule has 3 aromatic rings. The summed E-state index contributed by atoms with van der Waals surface area (Å²) in [5, 5.41) is 3.29. The van der Waals surface area contributed by atoms with Crippen molar-refractivity contribution in [1.29, 1.82) is 0 Å². The lowest BCUT2D eigenvalue weighted by atomic mass is 9.48. The highest BCUT2D eigenvalue weighted by molar-refractivity contribution is 7.92. The van der Waals surface area contributed by atoms with Gasteiger partial charge in [0.1, 0.15) is 12.6 Å². The largest absolute Gasteiger partial charge is 0.352 e. The van der Waals surface area contributed by atoms with Crippen LogP contribution in [-0.2, 0) is 38.0 Å². The van der Waals surface area contributed by atoms with Crippen molar-refractivity contribution in [2.24, 2.45) is 17.8 Å². The molecule has 50 heavy (non-hydrogen) atoms. The molecule has 8 heteroatoms. The Kier molecular flexibility index (Phi) is 10.1. The average Bonchev–Trinajstić information content (AvgIpc) is 3.09. The molecule has 0 saturated heterocycles. The number of amides is 2. The van der Waals surface area contributed by atoms with Crippen molar-refractivity contribution in [3.63, 3.8) is 0 Å². The number of nitrogens with zero attached hydrogens (tertiary/aromatic N) is 2. The molecule has 0 spiro atoms. The van der Waals surface area contributed by atoms with Crippen molar-refractivity contribution in [3.8, 4) is 0 Å². The molecule has 3 aromatic carbocycles. The normalized spacial score (nSPS) is 25.2. The first-order valence-corrected chi connectivity index (χ1v) is 20.7. The van der Waals surface area contributed by atoms with E-state index in [1.807, 2.05) is 73.7 Å². The highest BCUT2D eigenvalue weighted by Gasteiger charge is 2.51. The van der Waals surface area contributed by atoms with Gasteiger partial charge in [0, 0.05) is 19.0 Å². The Bertz CT molecular complexity index is 1730. The number of sulfonamides is 1. The van der Waals surface area contributed by atoms with Gasteiger partial charge in [-0.25, -0.2) is 8.42 Å². The van der Waals surface area contributed by atoms with Gasteiger partial charge in [-0.05, 0) is 116 Å². The van der Waals surface area contributed by atoms with Crippen molar-refractivity contribution < 1.29 is 18.0 Å². The van der Waals surface area contributed by atoms with Crippen molar-refractivity contribution in [2.75, 3.05) is 17.1 Å². The van der Waals surface area contributed by atoms with E-state index in [0.717, 1.165) is 66.4 Å². The molecule has 266 valence electrons. The number of aryl methyl sites for hydroxylation is 1. The third-order valence-electron chi connectivity index (χ3n) is 12.3. The zero-order chi connectivity index (χ0) is 34.9. The molecular formula is C42H53N3O4S. The fourth-order valence-corrected chi connectivity index (χ4v) is 11.0. The Morgan fingerprint density at radius 2 is 1.42 bits per heavy atom. The molecule has 7 nitrogen and oxygen atoms in total. The summed E-state index contributed by atoms with van der Waals surface area (Å²) < 4.78 is 28.1. The minimum absolute atomic E-state index is 0.0740. The minimum Gasteiger partial charge on any atom is -0.352 e. The van der Waals surface area contributed by atoms with Crippen LogP contribution in [0, 0.1) is 24.7 Å². The van der Waals surface area contributed by atoms with Gasteiger partial charge in [0.05, 0.1) is 11.9 Å². The Balaban J connectivity index is 1.19. The molecule has 4 bridgehead atoms. The Labute approximate surface area is 298 Å². The lowest BCUT2D eigenvalue weighted by Crippen LogP contribution is -2.55. The van der Waals surface area contributed by atoms with E-state index in [2.05, 4.69) is 17.4 Å². The Hall–Kier alpha value is -3.65. The zero-order valence-electron chi connectivity index (χ0n) is 29.7. The minimum atomic E-state index is -3.83. The SMILES string of the molecule is Cc1ccccc1CN(C(=O)CN(c1ccc(C23CC4CC(CC(C4)C2)C3)cc1)S(C)(=O)=O)[C@@H](Cc1ccccc1)C(=O)NC1CCCCC1. The predicted molar refractivity (Wildman–Crippen MR) is 199 cm³/mol. The van der Waals surface area contributed by atoms with E-state index in [1.54, 1.807) is 4.90 Å². The van der Waals surface area contributed by atoms with Crippen LogP contribution in [0.1, 0.15) is 92.9 Å². The topological polar surface area (TPSA) is 86.8 Å². The predicted octanol–water partition coefficient (Wildman–Crippen LogP) is 7.32. The van der Waals surface area contributed by atoms with Crippen molar-refractivity contribution >= 4 is 27.5 Å². The van der Waals surface area contributed by atoms with E-state index in [0.29, 0.717) is 12.1 Å². The first-order chi connectivity index (χ1) is 24.1. The number of rotatable bonds is 12. The maximum absolute atomic E-state index is 14.7. The number of benzene rings is 3. The summed E-state index contributed by atoms with van der Waals surface area (Å²) in [5.41, 5.74) is 4.87. The summed E-state index contributed by atoms with van der Waals surface area (Å²) in [6.45, 7) is 1.81. The Morgan fingerprint density at radius 1 is 0.820 bits per heavy atom. The smallest absolute Gasteiger partial charge is 0.244 e. The van der Waals surface area contributed by atoms with Gasteiger partial charge < -0.3 is 10.2 Å². The quantitative estimate of drug-likeness (QED) is 0.215. The molecule has 5 aliphatic carbocycles. The molecule has 0 radical (unpaired) electrons. The molecule has 0 aromatic heterocycles. The number of anilines is 1. The van der Waals surface area contributed by atoms with Crippen molar-refractivity contribution in [1.82, 2.24) is 10.2 Å². The maximum Gasteiger partial charge on any atom is 0.244 e. The van der Waals surface area contributed by atoms with Gasteiger partial charge >= 0.3 is 0 Å². The van der Waals surface area contributed by atoms with Crippen LogP contribution in [0.25, 0.3) is 0 Å². The number of nitrogens with one attached hydrogen (secondary N) is 1. The first kappa shape index (κ1) is 34.8. The third kappa shape index (κ3) is 7.65. The fourth-order valence-electron chi connectivity index (χ4n) is 10.1. The third-order valence-corrected chi connectivity index (χ3v) is 13.5. The summed E-state index contributed by atoms with van der Waals surface area (Å²) in [6, 6.07) is 24.9. The molecular weight excluding hydrogens is 643 g/mol. The summed E-state index contributed by atoms with van der Waals surface area (Å²) in [4.78, 5) is 30.5. The molecule has 0 aliphatic heterocycles. The zero-order valence-corrected chi connectivity index (χ0v) is 30.5. The molecule has 1 atom stereocenters. The van der Waals surface area contributed by atoms with Gasteiger partial charge in [-0.15, -0.1) is 0 Å². The summed E-state index contributed by atoms with van der Waals surface area (Å²) >= 11 is 0. The van der Waals surface area contributed by atoms with Crippen LogP contribution < -0.4 is 9.62 Å². The van der Waals surface area contributed by atoms with E-state index in [4.69, 9.17) is 0 Å². The average molecular weight is 696 g/mol. The van der Waals surface area contributed by atoms with E-state index >= 15 is 0 Å². The molecule has 0 unspecified atom stereocenters. The maximum atomic E-state index is 14.7. The highest BCUT2D eigenvalue weighted by Crippen LogP contribution is 2.60. The van der Waals surface area contributed by atoms with E-state index in [9.17, 15) is 18.0 Å². The summed E-state index contributed by atoms with van der Waals surface area (Å²) in [5.74, 6) is 1.84. The lowest BCUT2D eigenvalue weighted by molar-refractivity contribution is -0.140. The van der Waals surface area contributed by atoms with E-state index in [-0.39, 0.29) is 30.5 Å². The van der Waals surface area contributed by atoms with Crippen LogP contribution in [-0.4, -0.2) is 50.0 Å². The Morgan fingerprint density at radius 3 is 2.02 bits per heavy atom. The van der Waals surface area contributed by atoms with Crippen LogP contribution in [0.15, 0.2) is 78.9 Å². The number of hydrogen-bond donors (Lipinski definition) is 1. The van der Waals surface area contributed by atoms with Crippen LogP contribution >= 0.6 is 0 Å². The molecule has 0 heterocycles. The number of carbonyl (C=O) groups excluding carboxylic acids is 2. The van der Waals surface area contributed by atoms with Gasteiger partial charge in [-0.1, -0.05) is 86.0 Å². The first-order valence-electron chi connectivity index (χ1n) is 18.8. The van der Waals surface area contributed by atoms with E-state index in [1.165, 1.54) is 54.8 Å². The summed E-state index contributed by atoms with van der Waals surface area (Å²) in [6.07, 6.45) is 14.4. The molecule has 2 amide bonds. The molecule has 8 rings (SSSR count).